The number of alkyl halides is 3. The molecule has 0 spiro atoms. The van der Waals surface area contributed by atoms with Crippen LogP contribution in [0.15, 0.2) is 27.4 Å². The summed E-state index contributed by atoms with van der Waals surface area (Å²) in [5.74, 6) is -0.333. The van der Waals surface area contributed by atoms with Crippen molar-refractivity contribution in [1.29, 1.82) is 0 Å². The topological polar surface area (TPSA) is 88.1 Å². The number of hydrogen-bond donors (Lipinski definition) is 2. The van der Waals surface area contributed by atoms with Crippen LogP contribution in [0.3, 0.4) is 0 Å². The molecule has 1 aromatic carbocycles. The molecule has 0 atom stereocenters. The maximum atomic E-state index is 13.4. The van der Waals surface area contributed by atoms with Gasteiger partial charge in [0.15, 0.2) is 0 Å². The Morgan fingerprint density at radius 2 is 2.00 bits per heavy atom. The van der Waals surface area contributed by atoms with Gasteiger partial charge in [-0.3, -0.25) is 0 Å². The molecule has 0 bridgehead atoms. The quantitative estimate of drug-likeness (QED) is 0.835. The molecule has 0 aliphatic carbocycles. The number of benzene rings is 1. The number of rotatable bonds is 4. The van der Waals surface area contributed by atoms with Gasteiger partial charge < -0.3 is 15.1 Å². The number of nitrogens with one attached hydrogen (secondary N) is 1. The Labute approximate surface area is 154 Å². The van der Waals surface area contributed by atoms with Crippen LogP contribution in [-0.2, 0) is 6.18 Å². The summed E-state index contributed by atoms with van der Waals surface area (Å²) < 4.78 is 45.1. The zero-order chi connectivity index (χ0) is 18.0. The summed E-state index contributed by atoms with van der Waals surface area (Å²) in [5, 5.41) is 5.79. The molecular weight excluding hydrogens is 373 g/mol. The lowest BCUT2D eigenvalue weighted by Crippen LogP contribution is -2.35. The molecule has 2 aromatic rings. The van der Waals surface area contributed by atoms with E-state index in [1.165, 1.54) is 12.1 Å². The van der Waals surface area contributed by atoms with E-state index in [1.54, 1.807) is 4.90 Å². The van der Waals surface area contributed by atoms with Gasteiger partial charge in [0, 0.05) is 24.3 Å². The van der Waals surface area contributed by atoms with Gasteiger partial charge in [-0.05, 0) is 49.9 Å². The van der Waals surface area contributed by atoms with Crippen molar-refractivity contribution in [2.24, 2.45) is 11.7 Å². The Hall–Kier alpha value is -2.00. The van der Waals surface area contributed by atoms with Crippen LogP contribution in [0.4, 0.5) is 18.9 Å². The summed E-state index contributed by atoms with van der Waals surface area (Å²) >= 11 is 0. The lowest BCUT2D eigenvalue weighted by molar-refractivity contribution is -0.137. The molecule has 1 fully saturated rings. The van der Waals surface area contributed by atoms with Gasteiger partial charge in [-0.2, -0.15) is 13.2 Å². The van der Waals surface area contributed by atoms with Crippen LogP contribution in [0.25, 0.3) is 11.5 Å². The molecule has 2 heterocycles. The van der Waals surface area contributed by atoms with E-state index < -0.39 is 17.5 Å². The molecule has 0 amide bonds. The fraction of sp³-hybridized carbons (Fsp3) is 0.500. The summed E-state index contributed by atoms with van der Waals surface area (Å²) in [5.41, 5.74) is 5.27. The summed E-state index contributed by atoms with van der Waals surface area (Å²) in [6, 6.07) is 3.64. The van der Waals surface area contributed by atoms with Gasteiger partial charge in [0.25, 0.3) is 0 Å². The van der Waals surface area contributed by atoms with Crippen molar-refractivity contribution in [3.05, 3.63) is 34.3 Å². The van der Waals surface area contributed by atoms with Crippen LogP contribution in [0, 0.1) is 5.92 Å². The zero-order valence-corrected chi connectivity index (χ0v) is 14.7. The molecule has 0 radical (unpaired) electrons. The van der Waals surface area contributed by atoms with Crippen molar-refractivity contribution in [2.45, 2.75) is 25.4 Å². The van der Waals surface area contributed by atoms with Crippen molar-refractivity contribution in [3.63, 3.8) is 0 Å². The Kier molecular flexibility index (Phi) is 6.35. The highest BCUT2D eigenvalue weighted by Gasteiger charge is 2.36. The first kappa shape index (κ1) is 20.3. The fourth-order valence-electron chi connectivity index (χ4n) is 3.22. The predicted octanol–water partition coefficient (Wildman–Crippen LogP) is 3.04. The first-order valence-electron chi connectivity index (χ1n) is 8.10. The van der Waals surface area contributed by atoms with Crippen molar-refractivity contribution in [1.82, 2.24) is 10.2 Å². The number of H-pyrrole nitrogens is 1. The van der Waals surface area contributed by atoms with E-state index in [2.05, 4.69) is 10.2 Å². The third-order valence-corrected chi connectivity index (χ3v) is 4.52. The van der Waals surface area contributed by atoms with Gasteiger partial charge >= 0.3 is 11.9 Å². The number of anilines is 1. The van der Waals surface area contributed by atoms with Crippen molar-refractivity contribution >= 4 is 18.1 Å². The van der Waals surface area contributed by atoms with E-state index in [0.29, 0.717) is 31.1 Å². The van der Waals surface area contributed by atoms with Gasteiger partial charge in [0.2, 0.25) is 5.89 Å². The summed E-state index contributed by atoms with van der Waals surface area (Å²) in [6.45, 7) is 1.65. The summed E-state index contributed by atoms with van der Waals surface area (Å²) in [6.07, 6.45) is -1.97. The minimum Gasteiger partial charge on any atom is -0.388 e. The molecule has 10 heteroatoms. The molecule has 1 saturated heterocycles. The standard InChI is InChI=1S/C16H19F3N4O2.ClH/c17-16(18,19)12-2-1-11(14-21-22-15(24)25-14)9-13(12)23-7-4-10(3-6-20)5-8-23;/h1-2,9-10H,3-8,20H2,(H,22,24);1H. The number of halogens is 4. The molecule has 3 N–H and O–H groups in total. The van der Waals surface area contributed by atoms with E-state index in [1.807, 2.05) is 0 Å². The van der Waals surface area contributed by atoms with Crippen LogP contribution >= 0.6 is 12.4 Å². The molecule has 6 nitrogen and oxygen atoms in total. The number of aromatic amines is 1. The molecule has 26 heavy (non-hydrogen) atoms. The molecule has 0 unspecified atom stereocenters. The zero-order valence-electron chi connectivity index (χ0n) is 13.9. The van der Waals surface area contributed by atoms with Gasteiger partial charge in [-0.1, -0.05) is 0 Å². The van der Waals surface area contributed by atoms with Crippen LogP contribution < -0.4 is 16.4 Å². The molecule has 1 aromatic heterocycles. The molecule has 144 valence electrons. The van der Waals surface area contributed by atoms with Crippen molar-refractivity contribution in [3.8, 4) is 11.5 Å². The van der Waals surface area contributed by atoms with Crippen molar-refractivity contribution < 1.29 is 17.6 Å². The molecule has 1 aliphatic rings. The van der Waals surface area contributed by atoms with Gasteiger partial charge in [-0.25, -0.2) is 9.89 Å². The van der Waals surface area contributed by atoms with Gasteiger partial charge in [-0.15, -0.1) is 17.5 Å². The summed E-state index contributed by atoms with van der Waals surface area (Å²) in [7, 11) is 0. The average molecular weight is 393 g/mol. The highest BCUT2D eigenvalue weighted by molar-refractivity contribution is 5.85. The molecule has 0 saturated carbocycles. The highest BCUT2D eigenvalue weighted by atomic mass is 35.5. The first-order valence-corrected chi connectivity index (χ1v) is 8.10. The van der Waals surface area contributed by atoms with Crippen LogP contribution in [0.1, 0.15) is 24.8 Å². The van der Waals surface area contributed by atoms with E-state index in [0.717, 1.165) is 25.3 Å². The third-order valence-electron chi connectivity index (χ3n) is 4.52. The average Bonchev–Trinajstić information content (AvgIpc) is 3.01. The smallest absolute Gasteiger partial charge is 0.388 e. The van der Waals surface area contributed by atoms with E-state index >= 15 is 0 Å². The number of hydrogen-bond acceptors (Lipinski definition) is 5. The second-order valence-electron chi connectivity index (χ2n) is 6.16. The SMILES string of the molecule is Cl.NCCC1CCN(c2cc(-c3n[nH]c(=O)o3)ccc2C(F)(F)F)CC1. The van der Waals surface area contributed by atoms with Crippen LogP contribution in [0.5, 0.6) is 0 Å². The predicted molar refractivity (Wildman–Crippen MR) is 93.4 cm³/mol. The number of nitrogens with two attached hydrogens (primary N) is 1. The molecule has 3 rings (SSSR count). The Balaban J connectivity index is 0.00000243. The van der Waals surface area contributed by atoms with E-state index in [4.69, 9.17) is 10.2 Å². The third kappa shape index (κ3) is 4.39. The summed E-state index contributed by atoms with van der Waals surface area (Å²) in [4.78, 5) is 12.8. The number of aromatic nitrogens is 2. The second-order valence-corrected chi connectivity index (χ2v) is 6.16. The highest BCUT2D eigenvalue weighted by Crippen LogP contribution is 2.40. The van der Waals surface area contributed by atoms with Crippen LogP contribution in [0.2, 0.25) is 0 Å². The minimum absolute atomic E-state index is 0. The molecular formula is C16H20ClF3N4O2. The Bertz CT molecular complexity index is 782. The second kappa shape index (κ2) is 8.13. The first-order chi connectivity index (χ1) is 11.9. The largest absolute Gasteiger partial charge is 0.434 e. The number of piperidine rings is 1. The van der Waals surface area contributed by atoms with E-state index in [-0.39, 0.29) is 24.0 Å². The van der Waals surface area contributed by atoms with Crippen LogP contribution in [-0.4, -0.2) is 29.8 Å². The van der Waals surface area contributed by atoms with Gasteiger partial charge in [0.05, 0.1) is 5.56 Å². The fourth-order valence-corrected chi connectivity index (χ4v) is 3.22. The minimum atomic E-state index is -4.46. The lowest BCUT2D eigenvalue weighted by atomic mass is 9.92. The lowest BCUT2D eigenvalue weighted by Gasteiger charge is -2.35. The maximum absolute atomic E-state index is 13.4. The maximum Gasteiger partial charge on any atom is 0.434 e. The number of nitrogens with zero attached hydrogens (tertiary/aromatic N) is 2. The monoisotopic (exact) mass is 392 g/mol. The van der Waals surface area contributed by atoms with E-state index in [9.17, 15) is 18.0 Å². The Morgan fingerprint density at radius 1 is 1.31 bits per heavy atom. The van der Waals surface area contributed by atoms with Crippen molar-refractivity contribution in [2.75, 3.05) is 24.5 Å². The normalized spacial score (nSPS) is 15.8. The van der Waals surface area contributed by atoms with Gasteiger partial charge in [0.1, 0.15) is 0 Å². The Morgan fingerprint density at radius 3 is 2.54 bits per heavy atom. The molecule has 1 aliphatic heterocycles.